The van der Waals surface area contributed by atoms with Crippen LogP contribution in [0.1, 0.15) is 48.1 Å². The summed E-state index contributed by atoms with van der Waals surface area (Å²) in [5, 5.41) is 0. The quantitative estimate of drug-likeness (QED) is 0.419. The number of aryl methyl sites for hydroxylation is 1. The number of amides is 2. The Labute approximate surface area is 226 Å². The maximum Gasteiger partial charge on any atom is 0.416 e. The van der Waals surface area contributed by atoms with Gasteiger partial charge in [-0.1, -0.05) is 6.07 Å². The van der Waals surface area contributed by atoms with E-state index in [1.54, 1.807) is 11.8 Å². The molecule has 2 saturated heterocycles. The molecule has 2 aromatic rings. The lowest BCUT2D eigenvalue weighted by Gasteiger charge is -2.45. The summed E-state index contributed by atoms with van der Waals surface area (Å²) in [6, 6.07) is 3.99. The highest BCUT2D eigenvalue weighted by Gasteiger charge is 2.40. The second-order valence-electron chi connectivity index (χ2n) is 10.0. The molecule has 40 heavy (non-hydrogen) atoms. The number of ether oxygens (including phenoxy) is 1. The summed E-state index contributed by atoms with van der Waals surface area (Å²) >= 11 is 0. The molecule has 2 amide bonds. The molecule has 2 heterocycles. The number of piperazine rings is 1. The van der Waals surface area contributed by atoms with Gasteiger partial charge in [-0.05, 0) is 61.2 Å². The molecule has 2 aliphatic heterocycles. The maximum atomic E-state index is 13.9. The van der Waals surface area contributed by atoms with Gasteiger partial charge >= 0.3 is 18.4 Å². The van der Waals surface area contributed by atoms with E-state index in [9.17, 15) is 40.3 Å². The summed E-state index contributed by atoms with van der Waals surface area (Å²) < 4.78 is 98.8. The molecule has 0 N–H and O–H groups in total. The molecule has 2 aromatic carbocycles. The topological polar surface area (TPSA) is 53.1 Å². The summed E-state index contributed by atoms with van der Waals surface area (Å²) in [6.45, 7) is 5.53. The third kappa shape index (κ3) is 6.68. The smallest absolute Gasteiger partial charge is 0.410 e. The predicted octanol–water partition coefficient (Wildman–Crippen LogP) is 6.04. The molecule has 2 atom stereocenters. The van der Waals surface area contributed by atoms with Gasteiger partial charge in [0.2, 0.25) is 5.91 Å². The molecule has 218 valence electrons. The highest BCUT2D eigenvalue weighted by molar-refractivity contribution is 5.73. The minimum atomic E-state index is -5.10. The molecule has 2 fully saturated rings. The van der Waals surface area contributed by atoms with Crippen molar-refractivity contribution in [2.24, 2.45) is 0 Å². The summed E-state index contributed by atoms with van der Waals surface area (Å²) in [7, 11) is 0. The first kappa shape index (κ1) is 29.6. The summed E-state index contributed by atoms with van der Waals surface area (Å²) in [5.74, 6) is -1.41. The van der Waals surface area contributed by atoms with Crippen LogP contribution >= 0.6 is 0 Å². The Morgan fingerprint density at radius 1 is 0.875 bits per heavy atom. The fourth-order valence-electron chi connectivity index (χ4n) is 5.35. The fourth-order valence-corrected chi connectivity index (χ4v) is 5.35. The molecule has 0 radical (unpaired) electrons. The van der Waals surface area contributed by atoms with Crippen LogP contribution in [-0.2, 0) is 17.1 Å². The molecule has 6 nitrogen and oxygen atoms in total. The van der Waals surface area contributed by atoms with E-state index in [2.05, 4.69) is 4.90 Å². The molecule has 2 aliphatic rings. The monoisotopic (exact) mass is 575 g/mol. The van der Waals surface area contributed by atoms with Crippen LogP contribution in [0.25, 0.3) is 0 Å². The van der Waals surface area contributed by atoms with Crippen LogP contribution in [0.3, 0.4) is 0 Å². The van der Waals surface area contributed by atoms with Crippen molar-refractivity contribution in [2.75, 3.05) is 32.7 Å². The second kappa shape index (κ2) is 11.3. The Morgan fingerprint density at radius 3 is 2.00 bits per heavy atom. The number of carbonyl (C=O) groups excluding carboxylic acids is 2. The fraction of sp³-hybridized carbons (Fsp3) is 0.481. The lowest BCUT2D eigenvalue weighted by Crippen LogP contribution is -2.55. The van der Waals surface area contributed by atoms with Crippen LogP contribution in [0.2, 0.25) is 0 Å². The van der Waals surface area contributed by atoms with Crippen LogP contribution in [0.4, 0.5) is 35.5 Å². The van der Waals surface area contributed by atoms with Crippen molar-refractivity contribution in [1.29, 1.82) is 0 Å². The zero-order valence-corrected chi connectivity index (χ0v) is 21.8. The highest BCUT2D eigenvalue weighted by atomic mass is 19.4. The Morgan fingerprint density at radius 2 is 1.48 bits per heavy atom. The summed E-state index contributed by atoms with van der Waals surface area (Å²) in [6.07, 6.45) is -10.5. The number of piperidine rings is 1. The SMILES string of the molecule is CC(=O)N1CCN(C2CCN(C(=O)Oc3cc(C(F)(F)F)cc(C(F)(F)F)c3)C(c3ccc(F)cc3C)C2)CC1. The van der Waals surface area contributed by atoms with E-state index >= 15 is 0 Å². The van der Waals surface area contributed by atoms with Gasteiger partial charge < -0.3 is 14.5 Å². The lowest BCUT2D eigenvalue weighted by molar-refractivity contribution is -0.143. The highest BCUT2D eigenvalue weighted by Crippen LogP contribution is 2.40. The average Bonchev–Trinajstić information content (AvgIpc) is 2.87. The third-order valence-electron chi connectivity index (χ3n) is 7.44. The van der Waals surface area contributed by atoms with E-state index < -0.39 is 47.2 Å². The van der Waals surface area contributed by atoms with Crippen LogP contribution < -0.4 is 4.74 Å². The average molecular weight is 576 g/mol. The van der Waals surface area contributed by atoms with E-state index in [-0.39, 0.29) is 24.6 Å². The molecule has 2 unspecified atom stereocenters. The van der Waals surface area contributed by atoms with Crippen LogP contribution in [-0.4, -0.2) is 65.5 Å². The van der Waals surface area contributed by atoms with Gasteiger partial charge in [0.25, 0.3) is 0 Å². The maximum absolute atomic E-state index is 13.9. The van der Waals surface area contributed by atoms with Crippen molar-refractivity contribution < 1.29 is 45.1 Å². The van der Waals surface area contributed by atoms with Gasteiger partial charge in [0.05, 0.1) is 17.2 Å². The van der Waals surface area contributed by atoms with E-state index in [1.807, 2.05) is 0 Å². The zero-order valence-electron chi connectivity index (χ0n) is 21.8. The van der Waals surface area contributed by atoms with Gasteiger partial charge in [-0.15, -0.1) is 0 Å². The molecule has 0 bridgehead atoms. The Hall–Kier alpha value is -3.35. The van der Waals surface area contributed by atoms with Crippen molar-refractivity contribution >= 4 is 12.0 Å². The Kier molecular flexibility index (Phi) is 8.34. The van der Waals surface area contributed by atoms with E-state index in [0.717, 1.165) is 0 Å². The van der Waals surface area contributed by atoms with E-state index in [0.29, 0.717) is 62.3 Å². The van der Waals surface area contributed by atoms with Gasteiger partial charge in [0.1, 0.15) is 11.6 Å². The molecule has 0 spiro atoms. The van der Waals surface area contributed by atoms with Crippen molar-refractivity contribution in [3.05, 3.63) is 64.5 Å². The van der Waals surface area contributed by atoms with Crippen molar-refractivity contribution in [2.45, 2.75) is 51.1 Å². The number of halogens is 7. The van der Waals surface area contributed by atoms with Gasteiger partial charge in [0, 0.05) is 45.7 Å². The minimum Gasteiger partial charge on any atom is -0.410 e. The largest absolute Gasteiger partial charge is 0.416 e. The van der Waals surface area contributed by atoms with Crippen molar-refractivity contribution in [3.8, 4) is 5.75 Å². The number of alkyl halides is 6. The lowest BCUT2D eigenvalue weighted by atomic mass is 9.88. The van der Waals surface area contributed by atoms with Crippen molar-refractivity contribution in [1.82, 2.24) is 14.7 Å². The number of benzene rings is 2. The zero-order chi connectivity index (χ0) is 29.4. The Bertz CT molecular complexity index is 1220. The van der Waals surface area contributed by atoms with Crippen LogP contribution in [0.5, 0.6) is 5.75 Å². The first-order valence-electron chi connectivity index (χ1n) is 12.7. The number of nitrogens with zero attached hydrogens (tertiary/aromatic N) is 3. The standard InChI is InChI=1S/C27H28F7N3O3/c1-16-11-20(28)3-4-23(16)24-15-21(36-9-7-35(8-10-36)17(2)38)5-6-37(24)25(39)40-22-13-18(26(29,30)31)12-19(14-22)27(32,33)34/h3-4,11-14,21,24H,5-10,15H2,1-2H3. The molecule has 0 saturated carbocycles. The molecule has 4 rings (SSSR count). The Balaban J connectivity index is 1.61. The minimum absolute atomic E-state index is 0.0275. The first-order chi connectivity index (χ1) is 18.6. The predicted molar refractivity (Wildman–Crippen MR) is 130 cm³/mol. The number of hydrogen-bond donors (Lipinski definition) is 0. The van der Waals surface area contributed by atoms with Crippen molar-refractivity contribution in [3.63, 3.8) is 0 Å². The number of likely N-dealkylation sites (tertiary alicyclic amines) is 1. The summed E-state index contributed by atoms with van der Waals surface area (Å²) in [4.78, 5) is 30.1. The van der Waals surface area contributed by atoms with E-state index in [4.69, 9.17) is 4.74 Å². The second-order valence-corrected chi connectivity index (χ2v) is 10.0. The number of carbonyl (C=O) groups is 2. The van der Waals surface area contributed by atoms with Gasteiger partial charge in [-0.25, -0.2) is 9.18 Å². The molecule has 0 aromatic heterocycles. The van der Waals surface area contributed by atoms with Crippen LogP contribution in [0.15, 0.2) is 36.4 Å². The molecular weight excluding hydrogens is 547 g/mol. The van der Waals surface area contributed by atoms with Crippen LogP contribution in [0, 0.1) is 12.7 Å². The number of rotatable bonds is 3. The normalized spacial score (nSPS) is 20.9. The first-order valence-corrected chi connectivity index (χ1v) is 12.7. The number of hydrogen-bond acceptors (Lipinski definition) is 4. The molecular formula is C27H28F7N3O3. The van der Waals surface area contributed by atoms with Gasteiger partial charge in [0.15, 0.2) is 0 Å². The molecule has 13 heteroatoms. The summed E-state index contributed by atoms with van der Waals surface area (Å²) in [5.41, 5.74) is -2.08. The molecule has 0 aliphatic carbocycles. The third-order valence-corrected chi connectivity index (χ3v) is 7.44. The van der Waals surface area contributed by atoms with Gasteiger partial charge in [-0.3, -0.25) is 9.69 Å². The van der Waals surface area contributed by atoms with Gasteiger partial charge in [-0.2, -0.15) is 26.3 Å². The van der Waals surface area contributed by atoms with E-state index in [1.165, 1.54) is 30.0 Å².